The van der Waals surface area contributed by atoms with Crippen molar-refractivity contribution in [3.63, 3.8) is 0 Å². The third-order valence-corrected chi connectivity index (χ3v) is 3.78. The van der Waals surface area contributed by atoms with Crippen molar-refractivity contribution in [2.45, 2.75) is 44.3 Å². The number of hydrogen-bond donors (Lipinski definition) is 2. The highest BCUT2D eigenvalue weighted by Gasteiger charge is 2.30. The zero-order valence-corrected chi connectivity index (χ0v) is 11.5. The van der Waals surface area contributed by atoms with Gasteiger partial charge in [-0.15, -0.1) is 0 Å². The van der Waals surface area contributed by atoms with E-state index in [0.29, 0.717) is 17.3 Å². The second-order valence-electron chi connectivity index (χ2n) is 5.41. The van der Waals surface area contributed by atoms with Gasteiger partial charge in [0.1, 0.15) is 11.6 Å². The van der Waals surface area contributed by atoms with Gasteiger partial charge in [0.05, 0.1) is 0 Å². The Morgan fingerprint density at radius 3 is 2.82 bits per heavy atom. The molecule has 1 atom stereocenters. The van der Waals surface area contributed by atoms with Crippen molar-refractivity contribution in [2.75, 3.05) is 17.3 Å². The topological polar surface area (TPSA) is 63.8 Å². The fourth-order valence-electron chi connectivity index (χ4n) is 2.38. The lowest BCUT2D eigenvalue weighted by Gasteiger charge is -2.18. The van der Waals surface area contributed by atoms with E-state index in [1.165, 1.54) is 31.0 Å². The summed E-state index contributed by atoms with van der Waals surface area (Å²) in [6, 6.07) is 2.32. The van der Waals surface area contributed by atoms with Gasteiger partial charge < -0.3 is 11.1 Å². The van der Waals surface area contributed by atoms with Gasteiger partial charge in [-0.1, -0.05) is 25.6 Å². The van der Waals surface area contributed by atoms with Crippen molar-refractivity contribution in [3.8, 4) is 0 Å². The molecule has 1 saturated carbocycles. The minimum Gasteiger partial charge on any atom is -0.383 e. The Hall–Kier alpha value is -0.970. The van der Waals surface area contributed by atoms with Crippen LogP contribution in [0.1, 0.15) is 33.1 Å². The number of rotatable bonds is 3. The predicted octanol–water partition coefficient (Wildman–Crippen LogP) is 2.77. The molecular weight excluding hydrogens is 232 g/mol. The van der Waals surface area contributed by atoms with Gasteiger partial charge in [-0.25, -0.2) is 9.97 Å². The van der Waals surface area contributed by atoms with Crippen molar-refractivity contribution in [3.05, 3.63) is 6.07 Å². The van der Waals surface area contributed by atoms with Crippen molar-refractivity contribution in [2.24, 2.45) is 5.41 Å². The number of nitrogens with zero attached hydrogens (tertiary/aromatic N) is 2. The molecule has 94 valence electrons. The maximum Gasteiger partial charge on any atom is 0.191 e. The van der Waals surface area contributed by atoms with Gasteiger partial charge in [0.2, 0.25) is 0 Å². The van der Waals surface area contributed by atoms with E-state index >= 15 is 0 Å². The third-order valence-electron chi connectivity index (χ3n) is 3.23. The van der Waals surface area contributed by atoms with Gasteiger partial charge >= 0.3 is 0 Å². The summed E-state index contributed by atoms with van der Waals surface area (Å²) in [5.41, 5.74) is 6.20. The summed E-state index contributed by atoms with van der Waals surface area (Å²) in [6.07, 6.45) is 5.61. The number of thioether (sulfide) groups is 1. The van der Waals surface area contributed by atoms with Gasteiger partial charge in [-0.2, -0.15) is 0 Å². The van der Waals surface area contributed by atoms with Crippen LogP contribution in [0.5, 0.6) is 0 Å². The second-order valence-corrected chi connectivity index (χ2v) is 6.19. The normalized spacial score (nSPS) is 22.6. The Balaban J connectivity index is 2.06. The lowest BCUT2D eigenvalue weighted by atomic mass is 9.92. The highest BCUT2D eigenvalue weighted by Crippen LogP contribution is 2.38. The third kappa shape index (κ3) is 3.25. The fraction of sp³-hybridized carbons (Fsp3) is 0.667. The van der Waals surface area contributed by atoms with Crippen LogP contribution < -0.4 is 11.1 Å². The molecule has 1 aromatic heterocycles. The first-order chi connectivity index (χ1) is 7.98. The Bertz CT molecular complexity index is 405. The standard InChI is InChI=1S/C12H20N4S/c1-12(2)5-4-8(7-12)14-10-6-9(13)15-11(16-10)17-3/h6,8H,4-5,7H2,1-3H3,(H3,13,14,15,16). The molecular formula is C12H20N4S. The van der Waals surface area contributed by atoms with Crippen LogP contribution in [0.3, 0.4) is 0 Å². The van der Waals surface area contributed by atoms with Crippen molar-refractivity contribution in [1.29, 1.82) is 0 Å². The predicted molar refractivity (Wildman–Crippen MR) is 73.3 cm³/mol. The molecule has 0 saturated heterocycles. The molecule has 1 aliphatic carbocycles. The molecule has 0 aliphatic heterocycles. The molecule has 17 heavy (non-hydrogen) atoms. The van der Waals surface area contributed by atoms with Crippen LogP contribution in [-0.2, 0) is 0 Å². The Kier molecular flexibility index (Phi) is 3.47. The smallest absolute Gasteiger partial charge is 0.191 e. The number of nitrogens with two attached hydrogens (primary N) is 1. The Labute approximate surface area is 107 Å². The van der Waals surface area contributed by atoms with E-state index < -0.39 is 0 Å². The summed E-state index contributed by atoms with van der Waals surface area (Å²) in [5, 5.41) is 4.19. The summed E-state index contributed by atoms with van der Waals surface area (Å²) in [6.45, 7) is 4.63. The van der Waals surface area contributed by atoms with E-state index in [0.717, 1.165) is 11.0 Å². The summed E-state index contributed by atoms with van der Waals surface area (Å²) in [7, 11) is 0. The van der Waals surface area contributed by atoms with E-state index in [1.54, 1.807) is 0 Å². The van der Waals surface area contributed by atoms with E-state index in [-0.39, 0.29) is 0 Å². The van der Waals surface area contributed by atoms with Gasteiger partial charge in [0, 0.05) is 12.1 Å². The quantitative estimate of drug-likeness (QED) is 0.639. The fourth-order valence-corrected chi connectivity index (χ4v) is 2.76. The monoisotopic (exact) mass is 252 g/mol. The molecule has 0 spiro atoms. The van der Waals surface area contributed by atoms with Crippen molar-refractivity contribution >= 4 is 23.4 Å². The maximum absolute atomic E-state index is 5.76. The number of anilines is 2. The zero-order chi connectivity index (χ0) is 12.5. The Morgan fingerprint density at radius 1 is 1.47 bits per heavy atom. The molecule has 0 aromatic carbocycles. The van der Waals surface area contributed by atoms with Crippen molar-refractivity contribution in [1.82, 2.24) is 9.97 Å². The van der Waals surface area contributed by atoms with Crippen LogP contribution in [0.25, 0.3) is 0 Å². The van der Waals surface area contributed by atoms with Gasteiger partial charge in [0.25, 0.3) is 0 Å². The lowest BCUT2D eigenvalue weighted by molar-refractivity contribution is 0.378. The number of aromatic nitrogens is 2. The molecule has 0 radical (unpaired) electrons. The van der Waals surface area contributed by atoms with E-state index in [9.17, 15) is 0 Å². The molecule has 1 aromatic rings. The summed E-state index contributed by atoms with van der Waals surface area (Å²) in [4.78, 5) is 8.57. The molecule has 1 unspecified atom stereocenters. The molecule has 1 aliphatic rings. The molecule has 2 rings (SSSR count). The first kappa shape index (κ1) is 12.5. The van der Waals surface area contributed by atoms with Gasteiger partial charge in [0.15, 0.2) is 5.16 Å². The van der Waals surface area contributed by atoms with Crippen LogP contribution in [-0.4, -0.2) is 22.3 Å². The van der Waals surface area contributed by atoms with Crippen molar-refractivity contribution < 1.29 is 0 Å². The number of hydrogen-bond acceptors (Lipinski definition) is 5. The molecule has 3 N–H and O–H groups in total. The van der Waals surface area contributed by atoms with Crippen LogP contribution in [0.4, 0.5) is 11.6 Å². The van der Waals surface area contributed by atoms with Crippen LogP contribution in [0.2, 0.25) is 0 Å². The van der Waals surface area contributed by atoms with E-state index in [4.69, 9.17) is 5.73 Å². The van der Waals surface area contributed by atoms with Crippen LogP contribution in [0.15, 0.2) is 11.2 Å². The lowest BCUT2D eigenvalue weighted by Crippen LogP contribution is -2.18. The molecule has 4 nitrogen and oxygen atoms in total. The molecule has 1 fully saturated rings. The summed E-state index contributed by atoms with van der Waals surface area (Å²) < 4.78 is 0. The maximum atomic E-state index is 5.76. The zero-order valence-electron chi connectivity index (χ0n) is 10.7. The highest BCUT2D eigenvalue weighted by atomic mass is 32.2. The summed E-state index contributed by atoms with van der Waals surface area (Å²) in [5.74, 6) is 1.38. The van der Waals surface area contributed by atoms with Gasteiger partial charge in [-0.05, 0) is 30.9 Å². The van der Waals surface area contributed by atoms with Crippen LogP contribution >= 0.6 is 11.8 Å². The van der Waals surface area contributed by atoms with Gasteiger partial charge in [-0.3, -0.25) is 0 Å². The largest absolute Gasteiger partial charge is 0.383 e. The van der Waals surface area contributed by atoms with E-state index in [2.05, 4.69) is 29.1 Å². The molecule has 0 bridgehead atoms. The first-order valence-corrected chi connectivity index (χ1v) is 7.16. The second kappa shape index (κ2) is 4.72. The summed E-state index contributed by atoms with van der Waals surface area (Å²) >= 11 is 1.51. The Morgan fingerprint density at radius 2 is 2.24 bits per heavy atom. The van der Waals surface area contributed by atoms with Crippen LogP contribution in [0, 0.1) is 5.41 Å². The molecule has 1 heterocycles. The molecule has 5 heteroatoms. The minimum atomic E-state index is 0.443. The average Bonchev–Trinajstić information content (AvgIpc) is 2.57. The highest BCUT2D eigenvalue weighted by molar-refractivity contribution is 7.98. The first-order valence-electron chi connectivity index (χ1n) is 5.94. The number of nitrogen functional groups attached to an aromatic ring is 1. The minimum absolute atomic E-state index is 0.443. The SMILES string of the molecule is CSc1nc(N)cc(NC2CCC(C)(C)C2)n1. The van der Waals surface area contributed by atoms with E-state index in [1.807, 2.05) is 12.3 Å². The average molecular weight is 252 g/mol. The molecule has 0 amide bonds. The number of nitrogens with one attached hydrogen (secondary N) is 1.